The Morgan fingerprint density at radius 2 is 1.09 bits per heavy atom. The van der Waals surface area contributed by atoms with Gasteiger partial charge in [-0.2, -0.15) is 12.1 Å². The van der Waals surface area contributed by atoms with Gasteiger partial charge in [0, 0.05) is 72.2 Å². The molecular weight excluding hydrogens is 988 g/mol. The van der Waals surface area contributed by atoms with Gasteiger partial charge in [0.25, 0.3) is 0 Å². The van der Waals surface area contributed by atoms with E-state index < -0.39 is 0 Å². The summed E-state index contributed by atoms with van der Waals surface area (Å²) in [5.74, 6) is 2.00. The van der Waals surface area contributed by atoms with Crippen LogP contribution in [0.15, 0.2) is 206 Å². The molecule has 0 fully saturated rings. The second-order valence-electron chi connectivity index (χ2n) is 17.8. The number of hydrogen-bond acceptors (Lipinski definition) is 4. The van der Waals surface area contributed by atoms with Crippen molar-refractivity contribution in [3.8, 4) is 28.4 Å². The Hall–Kier alpha value is -7.20. The summed E-state index contributed by atoms with van der Waals surface area (Å²) < 4.78 is 8.92. The van der Waals surface area contributed by atoms with Gasteiger partial charge < -0.3 is 19.1 Å². The van der Waals surface area contributed by atoms with Gasteiger partial charge in [-0.15, -0.1) is 48.1 Å². The average molecular weight is 1040 g/mol. The van der Waals surface area contributed by atoms with Crippen LogP contribution >= 0.6 is 0 Å². The van der Waals surface area contributed by atoms with Crippen LogP contribution < -0.4 is 14.5 Å². The molecule has 6 heteroatoms. The molecule has 8 aromatic carbocycles. The van der Waals surface area contributed by atoms with E-state index in [0.29, 0.717) is 11.5 Å². The molecule has 0 unspecified atom stereocenters. The van der Waals surface area contributed by atoms with E-state index >= 15 is 0 Å². The quantitative estimate of drug-likeness (QED) is 0.128. The molecule has 326 valence electrons. The molecule has 0 amide bonds. The number of rotatable bonds is 10. The first-order valence-corrected chi connectivity index (χ1v) is 22.2. The molecule has 0 radical (unpaired) electrons. The van der Waals surface area contributed by atoms with Gasteiger partial charge in [0.05, 0.1) is 0 Å². The van der Waals surface area contributed by atoms with Crippen molar-refractivity contribution in [2.75, 3.05) is 9.80 Å². The third-order valence-electron chi connectivity index (χ3n) is 13.2. The van der Waals surface area contributed by atoms with E-state index in [1.165, 1.54) is 27.8 Å². The first-order valence-electron chi connectivity index (χ1n) is 22.2. The number of anilines is 4. The molecule has 0 atom stereocenters. The van der Waals surface area contributed by atoms with E-state index in [4.69, 9.17) is 9.72 Å². The van der Waals surface area contributed by atoms with Gasteiger partial charge in [-0.25, -0.2) is 4.98 Å². The van der Waals surface area contributed by atoms with Crippen molar-refractivity contribution in [3.63, 3.8) is 0 Å². The maximum atomic E-state index is 6.70. The molecule has 0 saturated carbocycles. The number of benzene rings is 8. The largest absolute Gasteiger partial charge is 0.509 e. The smallest absolute Gasteiger partial charge is 0.135 e. The molecule has 0 bridgehead atoms. The number of fused-ring (bicyclic) bond motifs is 4. The van der Waals surface area contributed by atoms with E-state index in [-0.39, 0.29) is 31.9 Å². The fourth-order valence-corrected chi connectivity index (χ4v) is 9.31. The minimum Gasteiger partial charge on any atom is -0.509 e. The van der Waals surface area contributed by atoms with Crippen LogP contribution in [0.4, 0.5) is 22.7 Å². The second-order valence-corrected chi connectivity index (χ2v) is 17.8. The third-order valence-corrected chi connectivity index (χ3v) is 13.2. The maximum absolute atomic E-state index is 6.70. The molecule has 0 N–H and O–H groups in total. The number of aromatic nitrogens is 2. The molecule has 66 heavy (non-hydrogen) atoms. The first-order chi connectivity index (χ1) is 31.7. The summed E-state index contributed by atoms with van der Waals surface area (Å²) in [4.78, 5) is 9.44. The Bertz CT molecular complexity index is 3340. The van der Waals surface area contributed by atoms with Crippen LogP contribution in [-0.2, 0) is 31.9 Å². The normalized spacial score (nSPS) is 12.6. The molecule has 2 aromatic heterocycles. The van der Waals surface area contributed by atoms with Crippen LogP contribution in [-0.4, -0.2) is 9.55 Å². The summed E-state index contributed by atoms with van der Waals surface area (Å²) in [6.45, 7) is 11.3. The molecule has 1 aliphatic rings. The van der Waals surface area contributed by atoms with Crippen LogP contribution in [0.25, 0.3) is 38.8 Å². The summed E-state index contributed by atoms with van der Waals surface area (Å²) in [6.07, 6.45) is 1.92. The predicted octanol–water partition coefficient (Wildman–Crippen LogP) is 15.3. The summed E-state index contributed by atoms with van der Waals surface area (Å²) in [5, 5.41) is 2.19. The number of hydrogen-bond donors (Lipinski definition) is 0. The topological polar surface area (TPSA) is 33.5 Å². The van der Waals surface area contributed by atoms with Gasteiger partial charge in [-0.1, -0.05) is 161 Å². The van der Waals surface area contributed by atoms with E-state index in [9.17, 15) is 0 Å². The van der Waals surface area contributed by atoms with Crippen molar-refractivity contribution in [3.05, 3.63) is 247 Å². The first kappa shape index (κ1) is 42.7. The Morgan fingerprint density at radius 1 is 0.485 bits per heavy atom. The van der Waals surface area contributed by atoms with E-state index in [1.807, 2.05) is 24.4 Å². The number of pyridine rings is 1. The van der Waals surface area contributed by atoms with Crippen LogP contribution in [0.5, 0.6) is 11.5 Å². The van der Waals surface area contributed by atoms with Crippen molar-refractivity contribution in [2.45, 2.75) is 38.5 Å². The minimum absolute atomic E-state index is 0. The Kier molecular flexibility index (Phi) is 11.2. The third kappa shape index (κ3) is 7.67. The van der Waals surface area contributed by atoms with Crippen LogP contribution in [0.2, 0.25) is 0 Å². The van der Waals surface area contributed by atoms with Crippen LogP contribution in [0.3, 0.4) is 0 Å². The molecular formula is C60H47N4OPt-3. The van der Waals surface area contributed by atoms with Crippen molar-refractivity contribution in [1.29, 1.82) is 0 Å². The number of para-hydroxylation sites is 2. The SMILES string of the molecule is CC(C)(c1ccccc1)c1cccc(N2[CH-]N(c3[c-]c(Oc4[c-]c5c(cc4)c4cc(-c6ccccc6)ccc4n5-c4cc(C(C)(C)c5ccccc5)ccn4)ccc3)c3ccccc32)c1.[Pt]. The van der Waals surface area contributed by atoms with Gasteiger partial charge in [0.1, 0.15) is 5.82 Å². The van der Waals surface area contributed by atoms with Gasteiger partial charge >= 0.3 is 0 Å². The van der Waals surface area contributed by atoms with Gasteiger partial charge in [-0.05, 0) is 81.2 Å². The summed E-state index contributed by atoms with van der Waals surface area (Å²) >= 11 is 0. The van der Waals surface area contributed by atoms with E-state index in [1.54, 1.807) is 0 Å². The molecule has 0 spiro atoms. The number of nitrogens with zero attached hydrogens (tertiary/aromatic N) is 4. The molecule has 5 nitrogen and oxygen atoms in total. The van der Waals surface area contributed by atoms with Crippen LogP contribution in [0.1, 0.15) is 49.9 Å². The Labute approximate surface area is 401 Å². The molecule has 0 aliphatic carbocycles. The zero-order valence-electron chi connectivity index (χ0n) is 37.2. The summed E-state index contributed by atoms with van der Waals surface area (Å²) in [5.41, 5.74) is 12.9. The van der Waals surface area contributed by atoms with Gasteiger partial charge in [0.2, 0.25) is 0 Å². The summed E-state index contributed by atoms with van der Waals surface area (Å²) in [7, 11) is 0. The van der Waals surface area contributed by atoms with Gasteiger partial charge in [-0.3, -0.25) is 0 Å². The number of ether oxygens (including phenoxy) is 1. The standard InChI is InChI=1S/C60H47N4O.Pt/c1-59(2,44-20-10-6-11-21-44)46-24-16-25-48(37-46)62-41-63(56-29-15-14-28-55(56)62)49-26-17-27-50(39-49)65-51-31-32-52-53-36-43(42-18-8-5-9-19-42)30-33-54(53)64(57(52)40-51)58-38-47(34-35-61-58)60(3,4)45-22-12-7-13-23-45;/h5-38,41H,1-4H3;/q-3;. The van der Waals surface area contributed by atoms with Gasteiger partial charge in [0.15, 0.2) is 0 Å². The van der Waals surface area contributed by atoms with Crippen molar-refractivity contribution < 1.29 is 25.8 Å². The Balaban J connectivity index is 0.00000511. The van der Waals surface area contributed by atoms with Crippen molar-refractivity contribution in [2.24, 2.45) is 0 Å². The van der Waals surface area contributed by atoms with Crippen molar-refractivity contribution >= 4 is 44.6 Å². The predicted molar refractivity (Wildman–Crippen MR) is 267 cm³/mol. The average Bonchev–Trinajstić information content (AvgIpc) is 3.91. The molecule has 0 saturated heterocycles. The minimum atomic E-state index is -0.245. The molecule has 11 rings (SSSR count). The van der Waals surface area contributed by atoms with E-state index in [0.717, 1.165) is 55.9 Å². The monoisotopic (exact) mass is 1030 g/mol. The van der Waals surface area contributed by atoms with Crippen LogP contribution in [0, 0.1) is 18.8 Å². The van der Waals surface area contributed by atoms with E-state index in [2.05, 4.69) is 243 Å². The molecule has 10 aromatic rings. The van der Waals surface area contributed by atoms with Crippen molar-refractivity contribution in [1.82, 2.24) is 9.55 Å². The zero-order valence-corrected chi connectivity index (χ0v) is 39.5. The molecule has 3 heterocycles. The second kappa shape index (κ2) is 17.3. The molecule has 1 aliphatic heterocycles. The Morgan fingerprint density at radius 3 is 1.80 bits per heavy atom. The zero-order chi connectivity index (χ0) is 44.1. The maximum Gasteiger partial charge on any atom is 0.135 e. The fourth-order valence-electron chi connectivity index (χ4n) is 9.31. The summed E-state index contributed by atoms with van der Waals surface area (Å²) in [6, 6.07) is 77.7. The fraction of sp³-hybridized carbons (Fsp3) is 0.100.